The number of aliphatic hydroxyl groups excluding tert-OH is 4. The maximum atomic E-state index is 12.8. The molecule has 9 heteroatoms. The van der Waals surface area contributed by atoms with Gasteiger partial charge in [0.15, 0.2) is 6.29 Å². The van der Waals surface area contributed by atoms with Gasteiger partial charge in [-0.3, -0.25) is 4.79 Å². The minimum Gasteiger partial charge on any atom is -0.457 e. The zero-order valence-corrected chi connectivity index (χ0v) is 40.1. The third kappa shape index (κ3) is 35.6. The lowest BCUT2D eigenvalue weighted by atomic mass is 9.99. The van der Waals surface area contributed by atoms with E-state index in [2.05, 4.69) is 74.6 Å². The SMILES string of the molecule is CC/C=C\C/C=C\C/C=C\C/C=C\C/C=C\C/C=C\CCC(=O)OC(COCCCCCCCCCCCCCCCCCCCCCCC)COC1OC(CO)C(O)C(O)C1O. The van der Waals surface area contributed by atoms with Gasteiger partial charge < -0.3 is 39.4 Å². The van der Waals surface area contributed by atoms with Crippen molar-refractivity contribution in [1.29, 1.82) is 0 Å². The highest BCUT2D eigenvalue weighted by molar-refractivity contribution is 5.69. The molecule has 1 aliphatic rings. The molecule has 1 heterocycles. The van der Waals surface area contributed by atoms with Gasteiger partial charge >= 0.3 is 5.97 Å². The van der Waals surface area contributed by atoms with Crippen molar-refractivity contribution in [3.63, 3.8) is 0 Å². The van der Waals surface area contributed by atoms with Crippen LogP contribution in [0.4, 0.5) is 0 Å². The molecule has 1 rings (SSSR count). The van der Waals surface area contributed by atoms with Crippen LogP contribution < -0.4 is 0 Å². The maximum absolute atomic E-state index is 12.8. The first-order valence-corrected chi connectivity index (χ1v) is 25.5. The number of rotatable bonds is 43. The van der Waals surface area contributed by atoms with Crippen LogP contribution in [0, 0.1) is 0 Å². The lowest BCUT2D eigenvalue weighted by molar-refractivity contribution is -0.305. The Morgan fingerprint density at radius 2 is 0.937 bits per heavy atom. The second-order valence-electron chi connectivity index (χ2n) is 17.2. The van der Waals surface area contributed by atoms with Crippen LogP contribution in [0.1, 0.15) is 200 Å². The van der Waals surface area contributed by atoms with Crippen LogP contribution in [0.3, 0.4) is 0 Å². The summed E-state index contributed by atoms with van der Waals surface area (Å²) in [6.07, 6.45) is 52.4. The second kappa shape index (κ2) is 44.8. The molecule has 364 valence electrons. The fraction of sp³-hybridized carbons (Fsp3) is 0.759. The highest BCUT2D eigenvalue weighted by Gasteiger charge is 2.44. The van der Waals surface area contributed by atoms with Crippen LogP contribution in [0.15, 0.2) is 72.9 Å². The van der Waals surface area contributed by atoms with E-state index in [4.69, 9.17) is 18.9 Å². The standard InChI is InChI=1S/C54H94O9/c1-3-5-7-9-11-13-15-17-19-21-23-24-26-28-30-32-34-36-38-40-42-44-60-46-48(47-61-54-53(59)52(58)51(57)49(45-55)63-54)62-50(56)43-41-39-37-35-33-31-29-27-25-22-20-18-16-14-12-10-8-6-4-2/h6,8,12,14,18,20,25,27,31,33,37,39,48-49,51-55,57-59H,3-5,7,9-11,13,15-17,19,21-24,26,28-30,32,34-36,38,40-47H2,1-2H3/b8-6-,14-12-,20-18-,27-25-,33-31-,39-37-. The van der Waals surface area contributed by atoms with E-state index in [1.165, 1.54) is 122 Å². The number of hydrogen-bond acceptors (Lipinski definition) is 9. The van der Waals surface area contributed by atoms with E-state index in [1.807, 2.05) is 12.2 Å². The van der Waals surface area contributed by atoms with E-state index in [0.717, 1.165) is 51.4 Å². The monoisotopic (exact) mass is 887 g/mol. The molecular formula is C54H94O9. The summed E-state index contributed by atoms with van der Waals surface area (Å²) >= 11 is 0. The van der Waals surface area contributed by atoms with E-state index in [1.54, 1.807) is 0 Å². The van der Waals surface area contributed by atoms with Crippen LogP contribution in [0.5, 0.6) is 0 Å². The molecule has 1 saturated heterocycles. The molecule has 0 spiro atoms. The van der Waals surface area contributed by atoms with Gasteiger partial charge in [0.05, 0.1) is 19.8 Å². The number of hydrogen-bond donors (Lipinski definition) is 4. The van der Waals surface area contributed by atoms with Crippen molar-refractivity contribution in [2.75, 3.05) is 26.4 Å². The molecule has 1 aliphatic heterocycles. The van der Waals surface area contributed by atoms with Crippen LogP contribution in [0.25, 0.3) is 0 Å². The Morgan fingerprint density at radius 3 is 1.37 bits per heavy atom. The van der Waals surface area contributed by atoms with Gasteiger partial charge in [-0.05, 0) is 51.4 Å². The van der Waals surface area contributed by atoms with Crippen LogP contribution in [-0.2, 0) is 23.7 Å². The molecule has 0 radical (unpaired) electrons. The topological polar surface area (TPSA) is 135 Å². The average molecular weight is 887 g/mol. The molecule has 0 aromatic heterocycles. The number of carbonyl (C=O) groups is 1. The quantitative estimate of drug-likeness (QED) is 0.0268. The fourth-order valence-corrected chi connectivity index (χ4v) is 7.46. The van der Waals surface area contributed by atoms with E-state index in [9.17, 15) is 25.2 Å². The lowest BCUT2D eigenvalue weighted by Gasteiger charge is -2.39. The van der Waals surface area contributed by atoms with Crippen molar-refractivity contribution in [2.45, 2.75) is 237 Å². The Bertz CT molecular complexity index is 1190. The van der Waals surface area contributed by atoms with Crippen molar-refractivity contribution in [3.8, 4) is 0 Å². The molecule has 6 atom stereocenters. The molecule has 9 nitrogen and oxygen atoms in total. The molecule has 0 aromatic carbocycles. The summed E-state index contributed by atoms with van der Waals surface area (Å²) in [6, 6.07) is 0. The van der Waals surface area contributed by atoms with Crippen LogP contribution >= 0.6 is 0 Å². The summed E-state index contributed by atoms with van der Waals surface area (Å²) in [5.74, 6) is -0.394. The number of ether oxygens (including phenoxy) is 4. The third-order valence-electron chi connectivity index (χ3n) is 11.4. The average Bonchev–Trinajstić information content (AvgIpc) is 3.28. The zero-order valence-electron chi connectivity index (χ0n) is 40.1. The Hall–Kier alpha value is -2.37. The van der Waals surface area contributed by atoms with Gasteiger partial charge in [0.1, 0.15) is 30.5 Å². The second-order valence-corrected chi connectivity index (χ2v) is 17.2. The van der Waals surface area contributed by atoms with Crippen LogP contribution in [0.2, 0.25) is 0 Å². The van der Waals surface area contributed by atoms with Crippen molar-refractivity contribution in [1.82, 2.24) is 0 Å². The van der Waals surface area contributed by atoms with Gasteiger partial charge in [0.25, 0.3) is 0 Å². The van der Waals surface area contributed by atoms with Gasteiger partial charge in [-0.15, -0.1) is 0 Å². The Morgan fingerprint density at radius 1 is 0.524 bits per heavy atom. The molecule has 0 aromatic rings. The van der Waals surface area contributed by atoms with E-state index in [-0.39, 0.29) is 19.6 Å². The molecule has 0 amide bonds. The molecule has 4 N–H and O–H groups in total. The summed E-state index contributed by atoms with van der Waals surface area (Å²) in [5, 5.41) is 40.2. The van der Waals surface area contributed by atoms with Crippen molar-refractivity contribution >= 4 is 5.97 Å². The summed E-state index contributed by atoms with van der Waals surface area (Å²) < 4.78 is 22.8. The number of carbonyl (C=O) groups excluding carboxylic acids is 1. The number of allylic oxidation sites excluding steroid dienone is 12. The van der Waals surface area contributed by atoms with Gasteiger partial charge in [-0.1, -0.05) is 215 Å². The van der Waals surface area contributed by atoms with Gasteiger partial charge in [0, 0.05) is 13.0 Å². The first kappa shape index (κ1) is 58.6. The van der Waals surface area contributed by atoms with Gasteiger partial charge in [0.2, 0.25) is 0 Å². The molecule has 0 bridgehead atoms. The largest absolute Gasteiger partial charge is 0.457 e. The predicted molar refractivity (Wildman–Crippen MR) is 260 cm³/mol. The highest BCUT2D eigenvalue weighted by Crippen LogP contribution is 2.23. The summed E-state index contributed by atoms with van der Waals surface area (Å²) in [5.41, 5.74) is 0. The Balaban J connectivity index is 2.26. The minimum atomic E-state index is -1.55. The normalized spacial score (nSPS) is 20.3. The summed E-state index contributed by atoms with van der Waals surface area (Å²) in [7, 11) is 0. The molecule has 0 saturated carbocycles. The number of esters is 1. The molecule has 6 unspecified atom stereocenters. The summed E-state index contributed by atoms with van der Waals surface area (Å²) in [6.45, 7) is 4.37. The van der Waals surface area contributed by atoms with Gasteiger partial charge in [-0.2, -0.15) is 0 Å². The zero-order chi connectivity index (χ0) is 45.7. The molecule has 1 fully saturated rings. The fourth-order valence-electron chi connectivity index (χ4n) is 7.46. The molecular weight excluding hydrogens is 793 g/mol. The van der Waals surface area contributed by atoms with E-state index < -0.39 is 49.4 Å². The predicted octanol–water partition coefficient (Wildman–Crippen LogP) is 12.4. The first-order valence-electron chi connectivity index (χ1n) is 25.5. The number of unbranched alkanes of at least 4 members (excludes halogenated alkanes) is 20. The highest BCUT2D eigenvalue weighted by atomic mass is 16.7. The summed E-state index contributed by atoms with van der Waals surface area (Å²) in [4.78, 5) is 12.8. The van der Waals surface area contributed by atoms with Crippen LogP contribution in [-0.4, -0.2) is 89.6 Å². The van der Waals surface area contributed by atoms with Gasteiger partial charge in [-0.25, -0.2) is 0 Å². The molecule has 63 heavy (non-hydrogen) atoms. The number of aliphatic hydroxyl groups is 4. The van der Waals surface area contributed by atoms with Crippen molar-refractivity contribution in [2.24, 2.45) is 0 Å². The third-order valence-corrected chi connectivity index (χ3v) is 11.4. The van der Waals surface area contributed by atoms with E-state index >= 15 is 0 Å². The van der Waals surface area contributed by atoms with Crippen molar-refractivity contribution < 1.29 is 44.2 Å². The smallest absolute Gasteiger partial charge is 0.306 e. The maximum Gasteiger partial charge on any atom is 0.306 e. The minimum absolute atomic E-state index is 0.113. The Labute approximate surface area is 385 Å². The first-order chi connectivity index (χ1) is 30.9. The Kier molecular flexibility index (Phi) is 41.7. The van der Waals surface area contributed by atoms with Crippen molar-refractivity contribution in [3.05, 3.63) is 72.9 Å². The lowest BCUT2D eigenvalue weighted by Crippen LogP contribution is -2.59. The van der Waals surface area contributed by atoms with E-state index in [0.29, 0.717) is 13.0 Å². The molecule has 0 aliphatic carbocycles.